The van der Waals surface area contributed by atoms with Gasteiger partial charge in [0.25, 0.3) is 0 Å². The van der Waals surface area contributed by atoms with Crippen molar-refractivity contribution < 1.29 is 24.2 Å². The summed E-state index contributed by atoms with van der Waals surface area (Å²) in [4.78, 5) is 27.1. The molecule has 0 amide bonds. The van der Waals surface area contributed by atoms with Gasteiger partial charge in [0.1, 0.15) is 0 Å². The first kappa shape index (κ1) is 28.7. The second-order valence-electron chi connectivity index (χ2n) is 11.7. The third-order valence-electron chi connectivity index (χ3n) is 7.31. The molecule has 0 aliphatic carbocycles. The number of fused-ring (bicyclic) bond motifs is 1. The molecule has 1 aliphatic heterocycles. The minimum Gasteiger partial charge on any atom is -0.476 e. The Morgan fingerprint density at radius 2 is 1.89 bits per heavy atom. The number of ether oxygens (including phenoxy) is 2. The van der Waals surface area contributed by atoms with E-state index in [2.05, 4.69) is 30.4 Å². The lowest BCUT2D eigenvalue weighted by Crippen LogP contribution is -2.40. The number of carboxylic acids is 1. The van der Waals surface area contributed by atoms with Crippen molar-refractivity contribution in [2.24, 2.45) is 5.41 Å². The standard InChI is InChI=1S/C29H43N3O5/c1-9-10-19(2)11-12-29(7)13-15-31(16-14-29)24-22-17-21(26(33)34)30-32(22)18-20(3)23(24)25(27(35)36-8)37-28(4,5)6/h17-18,25H,2,9-16H2,1,3-8H3,(H,33,34). The first-order valence-corrected chi connectivity index (χ1v) is 13.2. The first-order chi connectivity index (χ1) is 17.3. The number of esters is 1. The molecule has 3 heterocycles. The van der Waals surface area contributed by atoms with E-state index < -0.39 is 23.6 Å². The van der Waals surface area contributed by atoms with Crippen molar-refractivity contribution in [2.75, 3.05) is 25.1 Å². The predicted octanol–water partition coefficient (Wildman–Crippen LogP) is 6.11. The number of aromatic carboxylic acids is 1. The Labute approximate surface area is 220 Å². The maximum absolute atomic E-state index is 13.0. The SMILES string of the molecule is C=C(CCC)CCC1(C)CCN(c2c(C(OC(C)(C)C)C(=O)OC)c(C)cn3nc(C(=O)O)cc23)CC1. The van der Waals surface area contributed by atoms with Crippen LogP contribution in [-0.4, -0.2) is 52.5 Å². The summed E-state index contributed by atoms with van der Waals surface area (Å²) in [6.07, 6.45) is 7.10. The molecule has 37 heavy (non-hydrogen) atoms. The molecule has 204 valence electrons. The van der Waals surface area contributed by atoms with Crippen LogP contribution in [0.25, 0.3) is 5.52 Å². The van der Waals surface area contributed by atoms with Crippen molar-refractivity contribution in [3.05, 3.63) is 41.2 Å². The second kappa shape index (κ2) is 11.3. The van der Waals surface area contributed by atoms with Crippen molar-refractivity contribution in [3.63, 3.8) is 0 Å². The van der Waals surface area contributed by atoms with Crippen molar-refractivity contribution in [1.82, 2.24) is 9.61 Å². The van der Waals surface area contributed by atoms with E-state index >= 15 is 0 Å². The summed E-state index contributed by atoms with van der Waals surface area (Å²) < 4.78 is 13.0. The summed E-state index contributed by atoms with van der Waals surface area (Å²) in [6.45, 7) is 17.9. The van der Waals surface area contributed by atoms with E-state index in [1.54, 1.807) is 16.8 Å². The van der Waals surface area contributed by atoms with Gasteiger partial charge in [0.05, 0.1) is 23.9 Å². The third kappa shape index (κ3) is 6.72. The number of carboxylic acid groups (broad SMARTS) is 1. The Hall–Kier alpha value is -2.87. The van der Waals surface area contributed by atoms with Crippen LogP contribution in [0.3, 0.4) is 0 Å². The summed E-state index contributed by atoms with van der Waals surface area (Å²) in [5.74, 6) is -1.58. The number of hydrogen-bond acceptors (Lipinski definition) is 6. The largest absolute Gasteiger partial charge is 0.476 e. The van der Waals surface area contributed by atoms with Crippen LogP contribution in [0.4, 0.5) is 5.69 Å². The van der Waals surface area contributed by atoms with Gasteiger partial charge in [-0.1, -0.05) is 32.4 Å². The van der Waals surface area contributed by atoms with Gasteiger partial charge in [0.2, 0.25) is 0 Å². The van der Waals surface area contributed by atoms with Gasteiger partial charge in [-0.15, -0.1) is 0 Å². The zero-order valence-electron chi connectivity index (χ0n) is 23.5. The lowest BCUT2D eigenvalue weighted by Gasteiger charge is -2.42. The molecule has 1 aliphatic rings. The number of hydrogen-bond donors (Lipinski definition) is 1. The van der Waals surface area contributed by atoms with Crippen LogP contribution >= 0.6 is 0 Å². The molecule has 0 spiro atoms. The molecule has 0 radical (unpaired) electrons. The van der Waals surface area contributed by atoms with Crippen LogP contribution in [0.15, 0.2) is 24.4 Å². The van der Waals surface area contributed by atoms with Gasteiger partial charge in [-0.2, -0.15) is 5.10 Å². The highest BCUT2D eigenvalue weighted by Gasteiger charge is 2.37. The molecule has 0 aromatic carbocycles. The van der Waals surface area contributed by atoms with E-state index in [-0.39, 0.29) is 11.1 Å². The summed E-state index contributed by atoms with van der Waals surface area (Å²) in [7, 11) is 1.36. The van der Waals surface area contributed by atoms with Gasteiger partial charge in [0.15, 0.2) is 11.8 Å². The minimum absolute atomic E-state index is 0.0413. The van der Waals surface area contributed by atoms with Crippen molar-refractivity contribution in [2.45, 2.75) is 91.8 Å². The fourth-order valence-electron chi connectivity index (χ4n) is 5.18. The molecular weight excluding hydrogens is 470 g/mol. The van der Waals surface area contributed by atoms with E-state index in [9.17, 15) is 14.7 Å². The number of rotatable bonds is 10. The maximum Gasteiger partial charge on any atom is 0.356 e. The zero-order valence-corrected chi connectivity index (χ0v) is 23.5. The van der Waals surface area contributed by atoms with E-state index in [4.69, 9.17) is 9.47 Å². The van der Waals surface area contributed by atoms with Crippen LogP contribution in [-0.2, 0) is 14.3 Å². The molecule has 1 N–H and O–H groups in total. The smallest absolute Gasteiger partial charge is 0.356 e. The summed E-state index contributed by atoms with van der Waals surface area (Å²) >= 11 is 0. The lowest BCUT2D eigenvalue weighted by molar-refractivity contribution is -0.164. The molecule has 1 atom stereocenters. The number of carbonyl (C=O) groups is 2. The van der Waals surface area contributed by atoms with Crippen LogP contribution in [0.5, 0.6) is 0 Å². The fraction of sp³-hybridized carbons (Fsp3) is 0.621. The molecule has 2 aromatic heterocycles. The number of pyridine rings is 1. The molecule has 2 aromatic rings. The monoisotopic (exact) mass is 513 g/mol. The van der Waals surface area contributed by atoms with Gasteiger partial charge in [-0.25, -0.2) is 14.1 Å². The average Bonchev–Trinajstić information content (AvgIpc) is 3.24. The van der Waals surface area contributed by atoms with Crippen molar-refractivity contribution in [3.8, 4) is 0 Å². The Balaban J connectivity index is 2.06. The zero-order chi connectivity index (χ0) is 27.5. The molecular formula is C29H43N3O5. The molecule has 0 bridgehead atoms. The molecule has 0 saturated carbocycles. The highest BCUT2D eigenvalue weighted by atomic mass is 16.6. The van der Waals surface area contributed by atoms with E-state index in [1.807, 2.05) is 27.7 Å². The average molecular weight is 514 g/mol. The van der Waals surface area contributed by atoms with Crippen LogP contribution in [0.1, 0.15) is 101 Å². The Morgan fingerprint density at radius 3 is 2.43 bits per heavy atom. The molecule has 8 heteroatoms. The number of aryl methyl sites for hydroxylation is 1. The Kier molecular flexibility index (Phi) is 8.73. The number of nitrogens with zero attached hydrogens (tertiary/aromatic N) is 3. The second-order valence-corrected chi connectivity index (χ2v) is 11.7. The molecule has 8 nitrogen and oxygen atoms in total. The van der Waals surface area contributed by atoms with Crippen molar-refractivity contribution in [1.29, 1.82) is 0 Å². The fourth-order valence-corrected chi connectivity index (χ4v) is 5.18. The number of anilines is 1. The number of methoxy groups -OCH3 is 1. The third-order valence-corrected chi connectivity index (χ3v) is 7.31. The summed E-state index contributed by atoms with van der Waals surface area (Å²) in [5.41, 5.74) is 3.78. The number of piperidine rings is 1. The van der Waals surface area contributed by atoms with Crippen LogP contribution in [0.2, 0.25) is 0 Å². The van der Waals surface area contributed by atoms with Crippen molar-refractivity contribution >= 4 is 23.1 Å². The Bertz CT molecular complexity index is 1150. The topological polar surface area (TPSA) is 93.4 Å². The number of allylic oxidation sites excluding steroid dienone is 1. The van der Waals surface area contributed by atoms with Gasteiger partial charge in [-0.05, 0) is 70.8 Å². The van der Waals surface area contributed by atoms with Crippen LogP contribution < -0.4 is 4.90 Å². The van der Waals surface area contributed by atoms with E-state index in [0.29, 0.717) is 11.1 Å². The summed E-state index contributed by atoms with van der Waals surface area (Å²) in [6, 6.07) is 1.58. The highest BCUT2D eigenvalue weighted by molar-refractivity contribution is 5.91. The first-order valence-electron chi connectivity index (χ1n) is 13.2. The van der Waals surface area contributed by atoms with Gasteiger partial charge >= 0.3 is 11.9 Å². The number of carbonyl (C=O) groups excluding carboxylic acids is 1. The maximum atomic E-state index is 13.0. The molecule has 1 fully saturated rings. The van der Waals surface area contributed by atoms with Gasteiger partial charge in [0, 0.05) is 30.9 Å². The van der Waals surface area contributed by atoms with Gasteiger partial charge in [-0.3, -0.25) is 0 Å². The van der Waals surface area contributed by atoms with E-state index in [1.165, 1.54) is 12.7 Å². The normalized spacial score (nSPS) is 16.6. The van der Waals surface area contributed by atoms with Gasteiger partial charge < -0.3 is 19.5 Å². The quantitative estimate of drug-likeness (QED) is 0.302. The number of aromatic nitrogens is 2. The van der Waals surface area contributed by atoms with Crippen LogP contribution in [0, 0.1) is 12.3 Å². The Morgan fingerprint density at radius 1 is 1.24 bits per heavy atom. The lowest BCUT2D eigenvalue weighted by atomic mass is 9.75. The molecule has 1 unspecified atom stereocenters. The molecule has 3 rings (SSSR count). The van der Waals surface area contributed by atoms with E-state index in [0.717, 1.165) is 62.9 Å². The highest BCUT2D eigenvalue weighted by Crippen LogP contribution is 2.43. The molecule has 1 saturated heterocycles. The predicted molar refractivity (Wildman–Crippen MR) is 145 cm³/mol. The summed E-state index contributed by atoms with van der Waals surface area (Å²) in [5, 5.41) is 13.9. The minimum atomic E-state index is -1.09.